The van der Waals surface area contributed by atoms with Gasteiger partial charge in [-0.15, -0.1) is 0 Å². The van der Waals surface area contributed by atoms with Crippen LogP contribution in [0, 0.1) is 0 Å². The molecule has 2 aliphatic heterocycles. The Morgan fingerprint density at radius 1 is 0.542 bits per heavy atom. The smallest absolute Gasteiger partial charge is 0.220 e. The minimum Gasteiger partial charge on any atom is -0.394 e. The number of amides is 1. The number of hydrogen-bond acceptors (Lipinski definition) is 13. The van der Waals surface area contributed by atoms with E-state index in [0.717, 1.165) is 32.1 Å². The van der Waals surface area contributed by atoms with Crippen molar-refractivity contribution in [2.45, 2.75) is 261 Å². The van der Waals surface area contributed by atoms with Gasteiger partial charge in [-0.25, -0.2) is 0 Å². The van der Waals surface area contributed by atoms with E-state index in [4.69, 9.17) is 18.9 Å². The highest BCUT2D eigenvalue weighted by Crippen LogP contribution is 2.30. The van der Waals surface area contributed by atoms with Crippen molar-refractivity contribution in [3.05, 3.63) is 0 Å². The average Bonchev–Trinajstić information content (AvgIpc) is 3.23. The van der Waals surface area contributed by atoms with E-state index >= 15 is 0 Å². The first-order valence-corrected chi connectivity index (χ1v) is 23.8. The number of aliphatic hydroxyl groups is 8. The fourth-order valence-corrected chi connectivity index (χ4v) is 8.10. The number of carbonyl (C=O) groups excluding carboxylic acids is 1. The molecule has 2 rings (SSSR count). The number of rotatable bonds is 36. The number of ether oxygens (including phenoxy) is 4. The van der Waals surface area contributed by atoms with Crippen molar-refractivity contribution in [3.63, 3.8) is 0 Å². The molecular weight excluding hydrogens is 762 g/mol. The van der Waals surface area contributed by atoms with Crippen molar-refractivity contribution in [2.24, 2.45) is 0 Å². The van der Waals surface area contributed by atoms with Gasteiger partial charge in [0.1, 0.15) is 48.8 Å². The van der Waals surface area contributed by atoms with Crippen molar-refractivity contribution >= 4 is 5.91 Å². The summed E-state index contributed by atoms with van der Waals surface area (Å²) in [5.74, 6) is -0.241. The lowest BCUT2D eigenvalue weighted by molar-refractivity contribution is -0.359. The van der Waals surface area contributed by atoms with Crippen molar-refractivity contribution in [2.75, 3.05) is 19.8 Å². The fraction of sp³-hybridized carbons (Fsp3) is 0.978. The molecule has 14 heteroatoms. The van der Waals surface area contributed by atoms with Crippen molar-refractivity contribution in [3.8, 4) is 0 Å². The summed E-state index contributed by atoms with van der Waals surface area (Å²) in [6.45, 7) is 2.60. The van der Waals surface area contributed by atoms with Crippen molar-refractivity contribution in [1.29, 1.82) is 0 Å². The molecule has 0 aromatic heterocycles. The van der Waals surface area contributed by atoms with E-state index in [-0.39, 0.29) is 18.9 Å². The van der Waals surface area contributed by atoms with Crippen LogP contribution in [0.2, 0.25) is 0 Å². The lowest BCUT2D eigenvalue weighted by Gasteiger charge is -2.46. The SMILES string of the molecule is CCCCCCCCCCCCCCCCCCCCCCCCCC(O)C(COC1OC(CO)C(OC2OC(CO)C(O)C(O)C2O)C(O)C1O)NC(=O)CCCC. The van der Waals surface area contributed by atoms with Gasteiger partial charge in [-0.1, -0.05) is 168 Å². The van der Waals surface area contributed by atoms with Crippen LogP contribution in [0.4, 0.5) is 0 Å². The maximum Gasteiger partial charge on any atom is 0.220 e. The zero-order valence-corrected chi connectivity index (χ0v) is 36.8. The first-order chi connectivity index (χ1) is 28.6. The monoisotopic (exact) mass is 850 g/mol. The average molecular weight is 850 g/mol. The second-order valence-corrected chi connectivity index (χ2v) is 17.2. The Kier molecular flexibility index (Phi) is 30.8. The van der Waals surface area contributed by atoms with Crippen LogP contribution in [0.5, 0.6) is 0 Å². The zero-order valence-electron chi connectivity index (χ0n) is 36.8. The van der Waals surface area contributed by atoms with E-state index in [1.165, 1.54) is 122 Å². The molecular formula is C45H87NO13. The normalized spacial score (nSPS) is 28.4. The minimum absolute atomic E-state index is 0.241. The van der Waals surface area contributed by atoms with Gasteiger partial charge in [-0.05, 0) is 12.8 Å². The van der Waals surface area contributed by atoms with Gasteiger partial charge < -0.3 is 65.1 Å². The van der Waals surface area contributed by atoms with Crippen LogP contribution in [0.1, 0.15) is 187 Å². The van der Waals surface area contributed by atoms with Crippen LogP contribution in [-0.4, -0.2) is 140 Å². The lowest BCUT2D eigenvalue weighted by Crippen LogP contribution is -2.65. The largest absolute Gasteiger partial charge is 0.394 e. The van der Waals surface area contributed by atoms with E-state index < -0.39 is 86.8 Å². The molecule has 0 saturated carbocycles. The van der Waals surface area contributed by atoms with E-state index in [1.807, 2.05) is 6.92 Å². The predicted molar refractivity (Wildman–Crippen MR) is 226 cm³/mol. The van der Waals surface area contributed by atoms with E-state index in [0.29, 0.717) is 12.8 Å². The molecule has 2 fully saturated rings. The topological polar surface area (TPSA) is 228 Å². The summed E-state index contributed by atoms with van der Waals surface area (Å²) in [7, 11) is 0. The number of unbranched alkanes of at least 4 members (excludes halogenated alkanes) is 23. The van der Waals surface area contributed by atoms with Gasteiger partial charge in [0.05, 0.1) is 32.0 Å². The molecule has 0 spiro atoms. The molecule has 12 atom stereocenters. The number of hydrogen-bond donors (Lipinski definition) is 9. The van der Waals surface area contributed by atoms with Crippen LogP contribution in [0.15, 0.2) is 0 Å². The number of carbonyl (C=O) groups is 1. The minimum atomic E-state index is -1.78. The molecule has 350 valence electrons. The Hall–Kier alpha value is -1.01. The standard InChI is InChI=1S/C45H87NO13/c1-3-5-7-8-9-10-11-12-13-14-15-16-17-18-19-20-21-22-23-24-25-26-27-28-34(49)33(46-37(50)29-6-4-2)32-56-44-42(55)40(53)43(36(31-48)58-44)59-45-41(54)39(52)38(51)35(30-47)57-45/h33-36,38-45,47-49,51-55H,3-32H2,1-2H3,(H,46,50). The number of nitrogens with one attached hydrogen (secondary N) is 1. The van der Waals surface area contributed by atoms with Crippen LogP contribution < -0.4 is 5.32 Å². The highest BCUT2D eigenvalue weighted by atomic mass is 16.7. The van der Waals surface area contributed by atoms with E-state index in [2.05, 4.69) is 12.2 Å². The van der Waals surface area contributed by atoms with Gasteiger partial charge in [0.25, 0.3) is 0 Å². The summed E-state index contributed by atoms with van der Waals surface area (Å²) in [5, 5.41) is 86.0. The first-order valence-electron chi connectivity index (χ1n) is 23.8. The van der Waals surface area contributed by atoms with Gasteiger partial charge in [-0.3, -0.25) is 4.79 Å². The van der Waals surface area contributed by atoms with Gasteiger partial charge in [0, 0.05) is 6.42 Å². The summed E-state index contributed by atoms with van der Waals surface area (Å²) >= 11 is 0. The zero-order chi connectivity index (χ0) is 43.3. The summed E-state index contributed by atoms with van der Waals surface area (Å²) < 4.78 is 22.5. The molecule has 12 unspecified atom stereocenters. The third-order valence-corrected chi connectivity index (χ3v) is 12.1. The lowest BCUT2D eigenvalue weighted by atomic mass is 9.97. The van der Waals surface area contributed by atoms with Gasteiger partial charge >= 0.3 is 0 Å². The molecule has 14 nitrogen and oxygen atoms in total. The van der Waals surface area contributed by atoms with Gasteiger partial charge in [0.2, 0.25) is 5.91 Å². The second kappa shape index (κ2) is 33.5. The molecule has 2 heterocycles. The van der Waals surface area contributed by atoms with Crippen LogP contribution in [-0.2, 0) is 23.7 Å². The maximum absolute atomic E-state index is 12.7. The molecule has 2 aliphatic rings. The molecule has 0 radical (unpaired) electrons. The first kappa shape index (κ1) is 54.1. The third kappa shape index (κ3) is 21.8. The Labute approximate surface area is 355 Å². The Balaban J connectivity index is 1.64. The number of aliphatic hydroxyl groups excluding tert-OH is 8. The molecule has 2 saturated heterocycles. The molecule has 0 bridgehead atoms. The molecule has 9 N–H and O–H groups in total. The van der Waals surface area contributed by atoms with Crippen LogP contribution in [0.3, 0.4) is 0 Å². The van der Waals surface area contributed by atoms with Gasteiger partial charge in [-0.2, -0.15) is 0 Å². The molecule has 59 heavy (non-hydrogen) atoms. The fourth-order valence-electron chi connectivity index (χ4n) is 8.10. The predicted octanol–water partition coefficient (Wildman–Crippen LogP) is 5.05. The Bertz CT molecular complexity index is 1010. The molecule has 0 aliphatic carbocycles. The maximum atomic E-state index is 12.7. The molecule has 1 amide bonds. The quantitative estimate of drug-likeness (QED) is 0.0377. The summed E-state index contributed by atoms with van der Waals surface area (Å²) in [5.41, 5.74) is 0. The summed E-state index contributed by atoms with van der Waals surface area (Å²) in [6, 6.07) is -0.817. The van der Waals surface area contributed by atoms with Crippen LogP contribution >= 0.6 is 0 Å². The third-order valence-electron chi connectivity index (χ3n) is 12.1. The molecule has 0 aromatic carbocycles. The second-order valence-electron chi connectivity index (χ2n) is 17.2. The van der Waals surface area contributed by atoms with Crippen molar-refractivity contribution < 1.29 is 64.6 Å². The highest BCUT2D eigenvalue weighted by Gasteiger charge is 2.51. The Morgan fingerprint density at radius 3 is 1.42 bits per heavy atom. The van der Waals surface area contributed by atoms with E-state index in [9.17, 15) is 45.6 Å². The van der Waals surface area contributed by atoms with Crippen molar-refractivity contribution in [1.82, 2.24) is 5.32 Å². The van der Waals surface area contributed by atoms with Crippen LogP contribution in [0.25, 0.3) is 0 Å². The highest BCUT2D eigenvalue weighted by molar-refractivity contribution is 5.76. The summed E-state index contributed by atoms with van der Waals surface area (Å²) in [4.78, 5) is 12.7. The molecule has 0 aromatic rings. The van der Waals surface area contributed by atoms with Gasteiger partial charge in [0.15, 0.2) is 12.6 Å². The Morgan fingerprint density at radius 2 is 0.966 bits per heavy atom. The summed E-state index contributed by atoms with van der Waals surface area (Å²) in [6.07, 6.45) is 15.5. The van der Waals surface area contributed by atoms with E-state index in [1.54, 1.807) is 0 Å².